The first-order valence-corrected chi connectivity index (χ1v) is 7.46. The van der Waals surface area contributed by atoms with Crippen molar-refractivity contribution in [3.8, 4) is 0 Å². The third-order valence-electron chi connectivity index (χ3n) is 3.12. The maximum absolute atomic E-state index is 8.34. The van der Waals surface area contributed by atoms with Crippen molar-refractivity contribution in [1.29, 1.82) is 0 Å². The van der Waals surface area contributed by atoms with Gasteiger partial charge in [-0.1, -0.05) is 41.6 Å². The van der Waals surface area contributed by atoms with Gasteiger partial charge in [0.05, 0.1) is 11.2 Å². The number of anilines is 1. The molecule has 0 aromatic heterocycles. The Morgan fingerprint density at radius 3 is 2.57 bits per heavy atom. The van der Waals surface area contributed by atoms with Crippen molar-refractivity contribution < 1.29 is 11.0 Å². The summed E-state index contributed by atoms with van der Waals surface area (Å²) < 4.78 is 65.4. The van der Waals surface area contributed by atoms with Crippen LogP contribution in [0.25, 0.3) is 0 Å². The molecule has 1 aliphatic heterocycles. The fourth-order valence-electron chi connectivity index (χ4n) is 2.11. The minimum atomic E-state index is -2.86. The summed E-state index contributed by atoms with van der Waals surface area (Å²) in [5.74, 6) is 0. The highest BCUT2D eigenvalue weighted by atomic mass is 32.2. The lowest BCUT2D eigenvalue weighted by Crippen LogP contribution is -2.43. The van der Waals surface area contributed by atoms with Gasteiger partial charge < -0.3 is 10.2 Å². The molecule has 1 saturated heterocycles. The number of rotatable bonds is 3. The van der Waals surface area contributed by atoms with Crippen LogP contribution in [0.5, 0.6) is 0 Å². The highest BCUT2D eigenvalue weighted by molar-refractivity contribution is 7.99. The second-order valence-electron chi connectivity index (χ2n) is 4.77. The van der Waals surface area contributed by atoms with E-state index in [1.807, 2.05) is 37.4 Å². The summed E-state index contributed by atoms with van der Waals surface area (Å²) in [5.41, 5.74) is 2.18. The highest BCUT2D eigenvalue weighted by Crippen LogP contribution is 2.37. The van der Waals surface area contributed by atoms with E-state index in [2.05, 4.69) is 0 Å². The van der Waals surface area contributed by atoms with Gasteiger partial charge in [0.1, 0.15) is 0 Å². The summed E-state index contributed by atoms with van der Waals surface area (Å²) in [6, 6.07) is 12.4. The summed E-state index contributed by atoms with van der Waals surface area (Å²) in [7, 11) is 0. The number of nitrogens with zero attached hydrogens (tertiary/aromatic N) is 1. The second kappa shape index (κ2) is 6.54. The number of para-hydroxylation sites is 1. The van der Waals surface area contributed by atoms with Crippen LogP contribution in [0.15, 0.2) is 52.3 Å². The highest BCUT2D eigenvalue weighted by Gasteiger charge is 2.14. The molecule has 1 N–H and O–H groups in total. The van der Waals surface area contributed by atoms with Crippen molar-refractivity contribution >= 4 is 17.4 Å². The van der Waals surface area contributed by atoms with Crippen LogP contribution in [0.4, 0.5) is 5.69 Å². The molecular weight excluding hydrogens is 276 g/mol. The van der Waals surface area contributed by atoms with E-state index in [4.69, 9.17) is 11.0 Å². The molecule has 2 aromatic rings. The van der Waals surface area contributed by atoms with Gasteiger partial charge in [0.25, 0.3) is 0 Å². The third-order valence-corrected chi connectivity index (χ3v) is 4.36. The van der Waals surface area contributed by atoms with Crippen molar-refractivity contribution in [3.05, 3.63) is 53.6 Å². The molecule has 0 bridgehead atoms. The molecule has 0 saturated carbocycles. The van der Waals surface area contributed by atoms with Gasteiger partial charge >= 0.3 is 0 Å². The Bertz CT molecular complexity index is 906. The van der Waals surface area contributed by atoms with Gasteiger partial charge in [-0.15, -0.1) is 0 Å². The maximum Gasteiger partial charge on any atom is 0.0508 e. The summed E-state index contributed by atoms with van der Waals surface area (Å²) in [5, 5.41) is 1.86. The molecule has 1 fully saturated rings. The first-order chi connectivity index (χ1) is 13.2. The van der Waals surface area contributed by atoms with Crippen molar-refractivity contribution in [2.24, 2.45) is 0 Å². The summed E-state index contributed by atoms with van der Waals surface area (Å²) in [6.07, 6.45) is 0. The Morgan fingerprint density at radius 1 is 1.05 bits per heavy atom. The molecule has 2 nitrogen and oxygen atoms in total. The quantitative estimate of drug-likeness (QED) is 0.927. The minimum Gasteiger partial charge on any atom is -0.368 e. The van der Waals surface area contributed by atoms with Crippen molar-refractivity contribution in [3.63, 3.8) is 0 Å². The average Bonchev–Trinajstić information content (AvgIpc) is 2.56. The maximum atomic E-state index is 8.34. The lowest BCUT2D eigenvalue weighted by Gasteiger charge is -2.31. The monoisotopic (exact) mass is 306 g/mol. The van der Waals surface area contributed by atoms with E-state index in [0.717, 1.165) is 16.0 Å². The predicted molar refractivity (Wildman–Crippen MR) is 91.6 cm³/mol. The fraction of sp³-hybridized carbons (Fsp3) is 0.333. The van der Waals surface area contributed by atoms with Crippen LogP contribution >= 0.6 is 11.8 Å². The summed E-state index contributed by atoms with van der Waals surface area (Å²) >= 11 is 1.30. The number of aryl methyl sites for hydroxylation is 2. The van der Waals surface area contributed by atoms with E-state index in [1.54, 1.807) is 18.2 Å². The smallest absolute Gasteiger partial charge is 0.0508 e. The van der Waals surface area contributed by atoms with Crippen molar-refractivity contribution in [2.45, 2.75) is 23.6 Å². The van der Waals surface area contributed by atoms with E-state index in [-0.39, 0.29) is 5.69 Å². The van der Waals surface area contributed by atoms with E-state index in [1.165, 1.54) is 17.8 Å². The molecule has 110 valence electrons. The van der Waals surface area contributed by atoms with E-state index in [0.29, 0.717) is 9.80 Å². The molecule has 0 atom stereocenters. The van der Waals surface area contributed by atoms with Crippen LogP contribution in [0.3, 0.4) is 0 Å². The van der Waals surface area contributed by atoms with Crippen LogP contribution in [-0.4, -0.2) is 26.0 Å². The van der Waals surface area contributed by atoms with E-state index >= 15 is 0 Å². The molecule has 2 aromatic carbocycles. The first-order valence-electron chi connectivity index (χ1n) is 10.6. The Labute approximate surface area is 142 Å². The third kappa shape index (κ3) is 3.42. The van der Waals surface area contributed by atoms with Crippen LogP contribution in [0.2, 0.25) is 0 Å². The number of nitrogens with one attached hydrogen (secondary N) is 1. The first kappa shape index (κ1) is 7.70. The topological polar surface area (TPSA) is 15.3 Å². The predicted octanol–water partition coefficient (Wildman–Crippen LogP) is 3.86. The summed E-state index contributed by atoms with van der Waals surface area (Å²) in [6.45, 7) is -7.47. The van der Waals surface area contributed by atoms with Crippen LogP contribution < -0.4 is 10.2 Å². The number of hydrogen-bond donors (Lipinski definition) is 1. The lowest BCUT2D eigenvalue weighted by atomic mass is 10.2. The molecule has 21 heavy (non-hydrogen) atoms. The van der Waals surface area contributed by atoms with Crippen LogP contribution in [0.1, 0.15) is 22.1 Å². The standard InChI is InChI=1S/C18H22N2S/c1-14-7-8-17(15(2)13-14)21-18-6-4-3-5-16(18)20-11-9-19-10-12-20/h3-8,13,19H,9-12H2,1-2H3/i9D2,10D2,11D2,12D2. The average molecular weight is 307 g/mol. The minimum absolute atomic E-state index is 0.0849. The zero-order valence-electron chi connectivity index (χ0n) is 19.9. The molecule has 0 aliphatic carbocycles. The molecule has 0 spiro atoms. The molecular formula is C18H22N2S. The van der Waals surface area contributed by atoms with Gasteiger partial charge in [0.2, 0.25) is 0 Å². The molecule has 1 heterocycles. The Morgan fingerprint density at radius 2 is 1.81 bits per heavy atom. The molecule has 1 aliphatic rings. The van der Waals surface area contributed by atoms with Gasteiger partial charge in [0.15, 0.2) is 0 Å². The Hall–Kier alpha value is -1.45. The Kier molecular flexibility index (Phi) is 2.40. The van der Waals surface area contributed by atoms with E-state index < -0.39 is 26.0 Å². The summed E-state index contributed by atoms with van der Waals surface area (Å²) in [4.78, 5) is 1.98. The zero-order valence-corrected chi connectivity index (χ0v) is 12.7. The Balaban J connectivity index is 2.16. The molecule has 0 amide bonds. The number of piperazine rings is 1. The van der Waals surface area contributed by atoms with Crippen molar-refractivity contribution in [2.75, 3.05) is 30.9 Å². The van der Waals surface area contributed by atoms with Gasteiger partial charge in [-0.25, -0.2) is 0 Å². The van der Waals surface area contributed by atoms with Gasteiger partial charge in [-0.05, 0) is 37.6 Å². The number of benzene rings is 2. The van der Waals surface area contributed by atoms with Gasteiger partial charge in [-0.2, -0.15) is 0 Å². The molecule has 0 unspecified atom stereocenters. The van der Waals surface area contributed by atoms with Crippen LogP contribution in [0, 0.1) is 13.8 Å². The fourth-order valence-corrected chi connectivity index (χ4v) is 3.11. The zero-order chi connectivity index (χ0) is 21.8. The largest absolute Gasteiger partial charge is 0.368 e. The normalized spacial score (nSPS) is 30.5. The molecule has 0 radical (unpaired) electrons. The van der Waals surface area contributed by atoms with Crippen LogP contribution in [-0.2, 0) is 0 Å². The lowest BCUT2D eigenvalue weighted by molar-refractivity contribution is 0.587. The van der Waals surface area contributed by atoms with E-state index in [9.17, 15) is 0 Å². The van der Waals surface area contributed by atoms with Crippen molar-refractivity contribution in [1.82, 2.24) is 5.32 Å². The second-order valence-corrected chi connectivity index (χ2v) is 5.86. The van der Waals surface area contributed by atoms with Gasteiger partial charge in [-0.3, -0.25) is 0 Å². The SMILES string of the molecule is [2H]C1([2H])NC([2H])([2H])C([2H])([2H])N(c2ccccc2Sc2ccc(C)cc2C)C1([2H])[2H]. The molecule has 3 heteroatoms. The van der Waals surface area contributed by atoms with Gasteiger partial charge in [0, 0.05) is 41.3 Å². The molecule has 3 rings (SSSR count). The number of hydrogen-bond acceptors (Lipinski definition) is 3.